The zero-order chi connectivity index (χ0) is 18.7. The second-order valence-corrected chi connectivity index (χ2v) is 5.51. The van der Waals surface area contributed by atoms with E-state index in [0.29, 0.717) is 5.69 Å². The van der Waals surface area contributed by atoms with E-state index in [1.807, 2.05) is 0 Å². The summed E-state index contributed by atoms with van der Waals surface area (Å²) in [7, 11) is 1.74. The van der Waals surface area contributed by atoms with Gasteiger partial charge in [0.2, 0.25) is 0 Å². The quantitative estimate of drug-likeness (QED) is 0.281. The number of hydrogen-bond donors (Lipinski definition) is 4. The normalized spacial score (nSPS) is 12.5. The molecule has 2 aromatic rings. The summed E-state index contributed by atoms with van der Waals surface area (Å²) in [6.45, 7) is -0.258. The van der Waals surface area contributed by atoms with Crippen molar-refractivity contribution in [1.82, 2.24) is 20.8 Å². The zero-order valence-corrected chi connectivity index (χ0v) is 13.8. The molecule has 0 fully saturated rings. The van der Waals surface area contributed by atoms with Crippen LogP contribution in [0.25, 0.3) is 0 Å². The number of fused-ring (bicyclic) bond motifs is 1. The molecule has 1 aromatic carbocycles. The Labute approximate surface area is 148 Å². The van der Waals surface area contributed by atoms with E-state index in [-0.39, 0.29) is 42.7 Å². The highest BCUT2D eigenvalue weighted by molar-refractivity contribution is 6.32. The van der Waals surface area contributed by atoms with Gasteiger partial charge in [-0.25, -0.2) is 19.8 Å². The minimum Gasteiger partial charge on any atom is -0.394 e. The lowest BCUT2D eigenvalue weighted by molar-refractivity contribution is 0.0165. The molecule has 0 radical (unpaired) electrons. The molecule has 2 amide bonds. The number of halogens is 1. The highest BCUT2D eigenvalue weighted by Crippen LogP contribution is 2.23. The predicted octanol–water partition coefficient (Wildman–Crippen LogP) is -1.49. The van der Waals surface area contributed by atoms with Gasteiger partial charge in [0.25, 0.3) is 11.8 Å². The monoisotopic (exact) mass is 359 g/mol. The molecule has 1 aromatic heterocycles. The maximum absolute atomic E-state index is 14.1. The van der Waals surface area contributed by atoms with Crippen LogP contribution in [0.2, 0.25) is 0 Å². The predicted molar refractivity (Wildman–Crippen MR) is 91.6 cm³/mol. The number of benzene rings is 1. The van der Waals surface area contributed by atoms with Gasteiger partial charge in [-0.15, -0.1) is 0 Å². The first-order valence-electron chi connectivity index (χ1n) is 7.75. The first kappa shape index (κ1) is 17.8. The number of aromatic nitrogens is 2. The van der Waals surface area contributed by atoms with E-state index in [1.165, 1.54) is 12.1 Å². The van der Waals surface area contributed by atoms with Crippen molar-refractivity contribution >= 4 is 36.6 Å². The third-order valence-electron chi connectivity index (χ3n) is 3.55. The Morgan fingerprint density at radius 2 is 2.23 bits per heavy atom. The molecule has 11 heteroatoms. The van der Waals surface area contributed by atoms with Crippen molar-refractivity contribution in [2.45, 2.75) is 6.54 Å². The number of nitrogens with zero attached hydrogens (tertiary/aromatic N) is 2. The Morgan fingerprint density at radius 1 is 1.42 bits per heavy atom. The topological polar surface area (TPSA) is 125 Å². The number of hydroxylamine groups is 1. The van der Waals surface area contributed by atoms with Crippen molar-refractivity contribution in [2.75, 3.05) is 18.5 Å². The zero-order valence-electron chi connectivity index (χ0n) is 13.8. The van der Waals surface area contributed by atoms with Gasteiger partial charge in [0.05, 0.1) is 31.1 Å². The highest BCUT2D eigenvalue weighted by Gasteiger charge is 2.27. The number of anilines is 2. The van der Waals surface area contributed by atoms with E-state index >= 15 is 0 Å². The molecule has 2 heterocycles. The SMILES string of the molecule is Bc1ccc(Nc2nc3c(nc2C(=O)NOCCO)CNC3=O)c(F)c1. The molecule has 0 saturated carbocycles. The second-order valence-electron chi connectivity index (χ2n) is 5.51. The van der Waals surface area contributed by atoms with E-state index in [1.54, 1.807) is 13.9 Å². The Bertz CT molecular complexity index is 879. The van der Waals surface area contributed by atoms with Crippen LogP contribution < -0.4 is 21.6 Å². The third kappa shape index (κ3) is 3.63. The van der Waals surface area contributed by atoms with Gasteiger partial charge in [-0.2, -0.15) is 0 Å². The van der Waals surface area contributed by atoms with Gasteiger partial charge in [-0.3, -0.25) is 14.4 Å². The molecular formula is C15H15BFN5O4. The largest absolute Gasteiger partial charge is 0.394 e. The van der Waals surface area contributed by atoms with Gasteiger partial charge in [0.1, 0.15) is 13.7 Å². The van der Waals surface area contributed by atoms with Crippen molar-refractivity contribution in [3.8, 4) is 0 Å². The van der Waals surface area contributed by atoms with Crippen LogP contribution in [0.4, 0.5) is 15.9 Å². The van der Waals surface area contributed by atoms with Gasteiger partial charge in [-0.05, 0) is 12.1 Å². The average molecular weight is 359 g/mol. The fourth-order valence-corrected chi connectivity index (χ4v) is 2.33. The van der Waals surface area contributed by atoms with Crippen LogP contribution in [0.15, 0.2) is 18.2 Å². The lowest BCUT2D eigenvalue weighted by Gasteiger charge is -2.12. The van der Waals surface area contributed by atoms with Crippen LogP contribution in [-0.4, -0.2) is 47.9 Å². The fraction of sp³-hybridized carbons (Fsp3) is 0.200. The summed E-state index contributed by atoms with van der Waals surface area (Å²) in [5, 5.41) is 14.0. The molecule has 0 bridgehead atoms. The van der Waals surface area contributed by atoms with Crippen molar-refractivity contribution in [2.24, 2.45) is 0 Å². The van der Waals surface area contributed by atoms with Crippen molar-refractivity contribution in [3.63, 3.8) is 0 Å². The highest BCUT2D eigenvalue weighted by atomic mass is 19.1. The van der Waals surface area contributed by atoms with E-state index in [0.717, 1.165) is 5.46 Å². The minimum absolute atomic E-state index is 0.0628. The lowest BCUT2D eigenvalue weighted by atomic mass is 9.96. The number of rotatable bonds is 6. The minimum atomic E-state index is -0.747. The molecule has 4 N–H and O–H groups in total. The van der Waals surface area contributed by atoms with Gasteiger partial charge in [0, 0.05) is 0 Å². The summed E-state index contributed by atoms with van der Waals surface area (Å²) < 4.78 is 14.1. The fourth-order valence-electron chi connectivity index (χ4n) is 2.33. The summed E-state index contributed by atoms with van der Waals surface area (Å²) in [5.41, 5.74) is 3.11. The summed E-state index contributed by atoms with van der Waals surface area (Å²) >= 11 is 0. The molecule has 26 heavy (non-hydrogen) atoms. The van der Waals surface area contributed by atoms with Crippen molar-refractivity contribution in [3.05, 3.63) is 41.1 Å². The lowest BCUT2D eigenvalue weighted by Crippen LogP contribution is -2.28. The molecular weight excluding hydrogens is 344 g/mol. The van der Waals surface area contributed by atoms with Crippen molar-refractivity contribution < 1.29 is 23.9 Å². The van der Waals surface area contributed by atoms with Gasteiger partial charge in [-0.1, -0.05) is 11.5 Å². The van der Waals surface area contributed by atoms with Crippen LogP contribution >= 0.6 is 0 Å². The van der Waals surface area contributed by atoms with Crippen LogP contribution in [-0.2, 0) is 11.4 Å². The average Bonchev–Trinajstić information content (AvgIpc) is 2.97. The Balaban J connectivity index is 1.97. The summed E-state index contributed by atoms with van der Waals surface area (Å²) in [6.07, 6.45) is 0. The van der Waals surface area contributed by atoms with Gasteiger partial charge >= 0.3 is 0 Å². The molecule has 9 nitrogen and oxygen atoms in total. The van der Waals surface area contributed by atoms with E-state index < -0.39 is 17.6 Å². The van der Waals surface area contributed by atoms with Gasteiger partial charge in [0.15, 0.2) is 17.2 Å². The third-order valence-corrected chi connectivity index (χ3v) is 3.55. The molecule has 0 saturated heterocycles. The number of hydrogen-bond acceptors (Lipinski definition) is 7. The summed E-state index contributed by atoms with van der Waals surface area (Å²) in [4.78, 5) is 37.1. The number of aliphatic hydroxyl groups is 1. The number of nitrogens with one attached hydrogen (secondary N) is 3. The number of carbonyl (C=O) groups excluding carboxylic acids is 2. The van der Waals surface area contributed by atoms with E-state index in [2.05, 4.69) is 26.1 Å². The maximum atomic E-state index is 14.1. The Morgan fingerprint density at radius 3 is 2.96 bits per heavy atom. The Kier molecular flexibility index (Phi) is 5.10. The Hall–Kier alpha value is -3.05. The molecule has 0 aliphatic carbocycles. The smallest absolute Gasteiger partial charge is 0.297 e. The summed E-state index contributed by atoms with van der Waals surface area (Å²) in [5.74, 6) is -1.81. The molecule has 0 atom stereocenters. The van der Waals surface area contributed by atoms with Crippen LogP contribution in [0, 0.1) is 5.82 Å². The van der Waals surface area contributed by atoms with Gasteiger partial charge < -0.3 is 15.7 Å². The standard InChI is InChI=1S/C15H15BFN5O4/c16-7-1-2-9(8(17)5-7)20-13-12(15(25)22-26-4-3-23)19-10-6-18-14(24)11(10)21-13/h1-2,5,23H,3-4,6,16H2,(H,18,24)(H,20,21)(H,22,25). The summed E-state index contributed by atoms with van der Waals surface area (Å²) in [6, 6.07) is 4.49. The maximum Gasteiger partial charge on any atom is 0.297 e. The van der Waals surface area contributed by atoms with Crippen LogP contribution in [0.1, 0.15) is 26.7 Å². The molecule has 3 rings (SSSR count). The number of aliphatic hydroxyl groups excluding tert-OH is 1. The molecule has 1 aliphatic heterocycles. The molecule has 1 aliphatic rings. The van der Waals surface area contributed by atoms with E-state index in [9.17, 15) is 14.0 Å². The first-order valence-corrected chi connectivity index (χ1v) is 7.75. The first-order chi connectivity index (χ1) is 12.5. The number of amides is 2. The second kappa shape index (κ2) is 7.46. The number of carbonyl (C=O) groups is 2. The molecule has 0 unspecified atom stereocenters. The van der Waals surface area contributed by atoms with Crippen LogP contribution in [0.3, 0.4) is 0 Å². The molecule has 134 valence electrons. The van der Waals surface area contributed by atoms with Crippen LogP contribution in [0.5, 0.6) is 0 Å². The molecule has 0 spiro atoms. The van der Waals surface area contributed by atoms with Crippen molar-refractivity contribution in [1.29, 1.82) is 0 Å². The van der Waals surface area contributed by atoms with E-state index in [4.69, 9.17) is 9.94 Å².